The van der Waals surface area contributed by atoms with E-state index in [4.69, 9.17) is 11.6 Å². The molecule has 1 atom stereocenters. The first-order valence-electron chi connectivity index (χ1n) is 8.43. The zero-order chi connectivity index (χ0) is 18.0. The van der Waals surface area contributed by atoms with Gasteiger partial charge in [0.2, 0.25) is 5.91 Å². The summed E-state index contributed by atoms with van der Waals surface area (Å²) < 4.78 is 4.52. The lowest BCUT2D eigenvalue weighted by atomic mass is 9.90. The Hall–Kier alpha value is -2.21. The molecule has 0 spiro atoms. The Morgan fingerprint density at radius 3 is 2.96 bits per heavy atom. The number of H-pyrrole nitrogens is 1. The molecule has 2 aromatic rings. The number of ether oxygens (including phenoxy) is 1. The maximum absolute atomic E-state index is 12.5. The fraction of sp³-hybridized carbons (Fsp3) is 0.444. The smallest absolute Gasteiger partial charge is 0.407 e. The van der Waals surface area contributed by atoms with E-state index in [2.05, 4.69) is 15.0 Å². The van der Waals surface area contributed by atoms with Crippen LogP contribution in [-0.2, 0) is 22.4 Å². The average Bonchev–Trinajstić information content (AvgIpc) is 2.97. The van der Waals surface area contributed by atoms with Crippen molar-refractivity contribution in [2.24, 2.45) is 0 Å². The fourth-order valence-corrected chi connectivity index (χ4v) is 3.77. The zero-order valence-electron chi connectivity index (χ0n) is 14.4. The van der Waals surface area contributed by atoms with Crippen LogP contribution < -0.4 is 5.32 Å². The van der Waals surface area contributed by atoms with Crippen LogP contribution in [0.3, 0.4) is 0 Å². The van der Waals surface area contributed by atoms with Crippen molar-refractivity contribution in [2.45, 2.75) is 32.2 Å². The second-order valence-corrected chi connectivity index (χ2v) is 6.63. The minimum absolute atomic E-state index is 0.0520. The summed E-state index contributed by atoms with van der Waals surface area (Å²) in [6, 6.07) is 5.96. The number of methoxy groups -OCH3 is 1. The van der Waals surface area contributed by atoms with E-state index in [1.54, 1.807) is 0 Å². The first-order valence-corrected chi connectivity index (χ1v) is 8.81. The molecule has 2 amide bonds. The number of amides is 2. The minimum Gasteiger partial charge on any atom is -0.453 e. The maximum atomic E-state index is 12.5. The molecule has 0 aliphatic heterocycles. The lowest BCUT2D eigenvalue weighted by Crippen LogP contribution is -2.47. The van der Waals surface area contributed by atoms with Crippen LogP contribution in [0.15, 0.2) is 18.2 Å². The number of aryl methyl sites for hydroxylation is 1. The third-order valence-electron chi connectivity index (χ3n) is 4.80. The normalized spacial score (nSPS) is 16.4. The predicted octanol–water partition coefficient (Wildman–Crippen LogP) is 2.88. The lowest BCUT2D eigenvalue weighted by Gasteiger charge is -2.33. The zero-order valence-corrected chi connectivity index (χ0v) is 15.2. The summed E-state index contributed by atoms with van der Waals surface area (Å²) in [5.41, 5.74) is 3.54. The molecule has 1 heterocycles. The van der Waals surface area contributed by atoms with Crippen LogP contribution in [-0.4, -0.2) is 48.1 Å². The molecule has 0 saturated heterocycles. The number of hydrogen-bond donors (Lipinski definition) is 2. The molecule has 0 saturated carbocycles. The SMILES string of the molecule is CCN(C(=O)CNC(=O)OC)C1CCc2[nH]c3ccc(Cl)cc3c2C1. The quantitative estimate of drug-likeness (QED) is 0.877. The molecular weight excluding hydrogens is 342 g/mol. The number of nitrogens with zero attached hydrogens (tertiary/aromatic N) is 1. The maximum Gasteiger partial charge on any atom is 0.407 e. The first-order chi connectivity index (χ1) is 12.0. The van der Waals surface area contributed by atoms with E-state index in [0.29, 0.717) is 11.6 Å². The van der Waals surface area contributed by atoms with E-state index < -0.39 is 6.09 Å². The molecule has 0 bridgehead atoms. The van der Waals surface area contributed by atoms with Crippen molar-refractivity contribution >= 4 is 34.5 Å². The molecule has 2 N–H and O–H groups in total. The largest absolute Gasteiger partial charge is 0.453 e. The topological polar surface area (TPSA) is 74.4 Å². The Balaban J connectivity index is 1.78. The van der Waals surface area contributed by atoms with Crippen molar-refractivity contribution in [3.63, 3.8) is 0 Å². The second-order valence-electron chi connectivity index (χ2n) is 6.19. The number of fused-ring (bicyclic) bond motifs is 3. The van der Waals surface area contributed by atoms with E-state index in [1.807, 2.05) is 30.0 Å². The van der Waals surface area contributed by atoms with Crippen LogP contribution in [0.5, 0.6) is 0 Å². The third-order valence-corrected chi connectivity index (χ3v) is 5.03. The number of likely N-dealkylation sites (N-methyl/N-ethyl adjacent to an activating group) is 1. The van der Waals surface area contributed by atoms with Gasteiger partial charge >= 0.3 is 6.09 Å². The highest BCUT2D eigenvalue weighted by Crippen LogP contribution is 2.32. The van der Waals surface area contributed by atoms with Gasteiger partial charge in [-0.3, -0.25) is 4.79 Å². The van der Waals surface area contributed by atoms with Gasteiger partial charge in [-0.05, 0) is 49.9 Å². The third kappa shape index (κ3) is 3.58. The number of hydrogen-bond acceptors (Lipinski definition) is 3. The van der Waals surface area contributed by atoms with Crippen molar-refractivity contribution < 1.29 is 14.3 Å². The highest BCUT2D eigenvalue weighted by Gasteiger charge is 2.29. The number of carbonyl (C=O) groups is 2. The summed E-state index contributed by atoms with van der Waals surface area (Å²) >= 11 is 6.15. The molecule has 1 aliphatic rings. The molecule has 3 rings (SSSR count). The van der Waals surface area contributed by atoms with Crippen LogP contribution in [0.4, 0.5) is 4.79 Å². The molecule has 0 fully saturated rings. The van der Waals surface area contributed by atoms with Crippen LogP contribution in [0, 0.1) is 0 Å². The first kappa shape index (κ1) is 17.6. The van der Waals surface area contributed by atoms with E-state index in [9.17, 15) is 9.59 Å². The molecule has 1 aliphatic carbocycles. The van der Waals surface area contributed by atoms with Crippen molar-refractivity contribution in [3.8, 4) is 0 Å². The molecule has 25 heavy (non-hydrogen) atoms. The Labute approximate surface area is 151 Å². The minimum atomic E-state index is -0.596. The number of benzene rings is 1. The Morgan fingerprint density at radius 2 is 2.24 bits per heavy atom. The lowest BCUT2D eigenvalue weighted by molar-refractivity contribution is -0.132. The molecule has 6 nitrogen and oxygen atoms in total. The summed E-state index contributed by atoms with van der Waals surface area (Å²) in [6.07, 6.45) is 1.97. The van der Waals surface area contributed by atoms with Gasteiger partial charge in [-0.15, -0.1) is 0 Å². The number of nitrogens with one attached hydrogen (secondary N) is 2. The number of aromatic nitrogens is 1. The molecule has 134 valence electrons. The van der Waals surface area contributed by atoms with Crippen molar-refractivity contribution in [2.75, 3.05) is 20.2 Å². The van der Waals surface area contributed by atoms with Crippen LogP contribution in [0.2, 0.25) is 5.02 Å². The van der Waals surface area contributed by atoms with Crippen molar-refractivity contribution in [1.29, 1.82) is 0 Å². The predicted molar refractivity (Wildman–Crippen MR) is 96.9 cm³/mol. The van der Waals surface area contributed by atoms with E-state index in [1.165, 1.54) is 18.4 Å². The number of carbonyl (C=O) groups excluding carboxylic acids is 2. The van der Waals surface area contributed by atoms with Gasteiger partial charge in [0.05, 0.1) is 7.11 Å². The number of halogens is 1. The summed E-state index contributed by atoms with van der Waals surface area (Å²) in [4.78, 5) is 29.0. The number of rotatable bonds is 4. The number of aromatic amines is 1. The van der Waals surface area contributed by atoms with Crippen molar-refractivity contribution in [1.82, 2.24) is 15.2 Å². The Morgan fingerprint density at radius 1 is 1.44 bits per heavy atom. The van der Waals surface area contributed by atoms with Gasteiger partial charge in [0.1, 0.15) is 6.54 Å². The highest BCUT2D eigenvalue weighted by atomic mass is 35.5. The van der Waals surface area contributed by atoms with E-state index >= 15 is 0 Å². The molecule has 0 radical (unpaired) electrons. The van der Waals surface area contributed by atoms with Crippen LogP contribution in [0.25, 0.3) is 10.9 Å². The van der Waals surface area contributed by atoms with Crippen molar-refractivity contribution in [3.05, 3.63) is 34.5 Å². The fourth-order valence-electron chi connectivity index (χ4n) is 3.60. The van der Waals surface area contributed by atoms with Gasteiger partial charge in [0.25, 0.3) is 0 Å². The Bertz CT molecular complexity index is 802. The van der Waals surface area contributed by atoms with E-state index in [0.717, 1.165) is 30.2 Å². The summed E-state index contributed by atoms with van der Waals surface area (Å²) in [7, 11) is 1.28. The standard InChI is InChI=1S/C18H22ClN3O3/c1-3-22(17(23)10-20-18(24)25-2)12-5-7-16-14(9-12)13-8-11(19)4-6-15(13)21-16/h4,6,8,12,21H,3,5,7,9-10H2,1-2H3,(H,20,24). The summed E-state index contributed by atoms with van der Waals surface area (Å²) in [6.45, 7) is 2.51. The summed E-state index contributed by atoms with van der Waals surface area (Å²) in [5, 5.41) is 4.30. The van der Waals surface area contributed by atoms with Gasteiger partial charge in [0, 0.05) is 34.2 Å². The van der Waals surface area contributed by atoms with Crippen LogP contribution in [0.1, 0.15) is 24.6 Å². The van der Waals surface area contributed by atoms with Gasteiger partial charge < -0.3 is 19.9 Å². The monoisotopic (exact) mass is 363 g/mol. The van der Waals surface area contributed by atoms with E-state index in [-0.39, 0.29) is 18.5 Å². The van der Waals surface area contributed by atoms with Crippen LogP contribution >= 0.6 is 11.6 Å². The van der Waals surface area contributed by atoms with Gasteiger partial charge in [-0.25, -0.2) is 4.79 Å². The second kappa shape index (κ2) is 7.35. The Kier molecular flexibility index (Phi) is 5.18. The summed E-state index contributed by atoms with van der Waals surface area (Å²) in [5.74, 6) is -0.0979. The number of alkyl carbamates (subject to hydrolysis) is 1. The molecule has 1 aromatic carbocycles. The van der Waals surface area contributed by atoms with Gasteiger partial charge in [0.15, 0.2) is 0 Å². The average molecular weight is 364 g/mol. The van der Waals surface area contributed by atoms with Gasteiger partial charge in [-0.2, -0.15) is 0 Å². The molecule has 1 aromatic heterocycles. The molecular formula is C18H22ClN3O3. The molecule has 7 heteroatoms. The highest BCUT2D eigenvalue weighted by molar-refractivity contribution is 6.31. The van der Waals surface area contributed by atoms with Gasteiger partial charge in [-0.1, -0.05) is 11.6 Å². The molecule has 1 unspecified atom stereocenters.